The van der Waals surface area contributed by atoms with Crippen LogP contribution in [0.15, 0.2) is 48.5 Å². The monoisotopic (exact) mass is 422 g/mol. The van der Waals surface area contributed by atoms with Crippen molar-refractivity contribution in [3.8, 4) is 5.75 Å². The molecule has 2 aromatic carbocycles. The maximum atomic E-state index is 12.7. The topological polar surface area (TPSA) is 32.8 Å². The number of methoxy groups -OCH3 is 1. The number of anilines is 1. The summed E-state index contributed by atoms with van der Waals surface area (Å²) < 4.78 is 5.45. The fraction of sp³-hybridized carbons (Fsp3) is 0.444. The highest BCUT2D eigenvalue weighted by molar-refractivity contribution is 6.07. The second-order valence-electron chi connectivity index (χ2n) is 8.25. The molecular weight excluding hydrogens is 384 g/mol. The van der Waals surface area contributed by atoms with Gasteiger partial charge < -0.3 is 14.5 Å². The zero-order chi connectivity index (χ0) is 22.6. The van der Waals surface area contributed by atoms with Crippen molar-refractivity contribution in [3.63, 3.8) is 0 Å². The molecule has 0 amide bonds. The van der Waals surface area contributed by atoms with Gasteiger partial charge in [-0.1, -0.05) is 38.8 Å². The number of hydrogen-bond donors (Lipinski definition) is 0. The molecule has 4 nitrogen and oxygen atoms in total. The number of benzene rings is 2. The first-order chi connectivity index (χ1) is 15.0. The molecule has 0 unspecified atom stereocenters. The standard InChI is InChI=1S/C27H38N2O2/c1-6-8-18-29(19-9-7-2)25-14-12-23(13-15-25)26(30)16-10-22-11-17-27(31-5)24(20-22)21-28(3)4/h10-17,20H,6-9,18-19,21H2,1-5H3. The number of rotatable bonds is 13. The van der Waals surface area contributed by atoms with Gasteiger partial charge in [-0.15, -0.1) is 0 Å². The van der Waals surface area contributed by atoms with Gasteiger partial charge in [0.2, 0.25) is 0 Å². The van der Waals surface area contributed by atoms with Crippen LogP contribution in [0.5, 0.6) is 5.75 Å². The van der Waals surface area contributed by atoms with E-state index in [1.807, 2.05) is 44.4 Å². The molecule has 0 aliphatic rings. The molecule has 0 atom stereocenters. The van der Waals surface area contributed by atoms with Gasteiger partial charge in [0.15, 0.2) is 5.78 Å². The third-order valence-electron chi connectivity index (χ3n) is 5.30. The van der Waals surface area contributed by atoms with Crippen LogP contribution < -0.4 is 9.64 Å². The van der Waals surface area contributed by atoms with Crippen LogP contribution in [0.2, 0.25) is 0 Å². The van der Waals surface area contributed by atoms with Crippen LogP contribution in [-0.4, -0.2) is 45.0 Å². The summed E-state index contributed by atoms with van der Waals surface area (Å²) in [5.74, 6) is 0.883. The Balaban J connectivity index is 2.10. The average molecular weight is 423 g/mol. The zero-order valence-corrected chi connectivity index (χ0v) is 19.9. The lowest BCUT2D eigenvalue weighted by Crippen LogP contribution is -2.25. The van der Waals surface area contributed by atoms with Gasteiger partial charge in [-0.2, -0.15) is 0 Å². The van der Waals surface area contributed by atoms with Crippen LogP contribution in [0.25, 0.3) is 6.08 Å². The predicted octanol–water partition coefficient (Wildman–Crippen LogP) is 6.06. The van der Waals surface area contributed by atoms with E-state index in [1.165, 1.54) is 31.4 Å². The molecule has 168 valence electrons. The fourth-order valence-corrected chi connectivity index (χ4v) is 3.54. The average Bonchev–Trinajstić information content (AvgIpc) is 2.77. The molecule has 0 aromatic heterocycles. The molecule has 0 aliphatic carbocycles. The zero-order valence-electron chi connectivity index (χ0n) is 19.9. The second kappa shape index (κ2) is 13.0. The molecule has 31 heavy (non-hydrogen) atoms. The summed E-state index contributed by atoms with van der Waals surface area (Å²) in [6.07, 6.45) is 8.28. The molecule has 4 heteroatoms. The number of hydrogen-bond acceptors (Lipinski definition) is 4. The minimum absolute atomic E-state index is 0.0187. The minimum atomic E-state index is 0.0187. The lowest BCUT2D eigenvalue weighted by Gasteiger charge is -2.24. The Morgan fingerprint density at radius 3 is 2.16 bits per heavy atom. The SMILES string of the molecule is CCCCN(CCCC)c1ccc(C(=O)C=Cc2ccc(OC)c(CN(C)C)c2)cc1. The van der Waals surface area contributed by atoms with Gasteiger partial charge in [0.1, 0.15) is 5.75 Å². The fourth-order valence-electron chi connectivity index (χ4n) is 3.54. The summed E-state index contributed by atoms with van der Waals surface area (Å²) in [5.41, 5.74) is 4.01. The van der Waals surface area contributed by atoms with E-state index in [0.717, 1.165) is 36.5 Å². The number of allylic oxidation sites excluding steroid dienone is 1. The second-order valence-corrected chi connectivity index (χ2v) is 8.25. The van der Waals surface area contributed by atoms with E-state index in [-0.39, 0.29) is 5.78 Å². The van der Waals surface area contributed by atoms with Crippen LogP contribution in [0, 0.1) is 0 Å². The van der Waals surface area contributed by atoms with E-state index in [9.17, 15) is 4.79 Å². The Hall–Kier alpha value is -2.59. The summed E-state index contributed by atoms with van der Waals surface area (Å²) in [6.45, 7) is 7.36. The lowest BCUT2D eigenvalue weighted by atomic mass is 10.1. The molecule has 0 heterocycles. The van der Waals surface area contributed by atoms with E-state index in [2.05, 4.69) is 41.8 Å². The molecule has 0 radical (unpaired) electrons. The predicted molar refractivity (Wildman–Crippen MR) is 132 cm³/mol. The molecule has 0 fully saturated rings. The Morgan fingerprint density at radius 1 is 0.968 bits per heavy atom. The maximum Gasteiger partial charge on any atom is 0.185 e. The van der Waals surface area contributed by atoms with Crippen LogP contribution >= 0.6 is 0 Å². The molecule has 2 aromatic rings. The summed E-state index contributed by atoms with van der Waals surface area (Å²) in [4.78, 5) is 17.2. The van der Waals surface area contributed by atoms with Gasteiger partial charge in [-0.25, -0.2) is 0 Å². The van der Waals surface area contributed by atoms with Crippen molar-refractivity contribution in [2.75, 3.05) is 39.2 Å². The van der Waals surface area contributed by atoms with Crippen molar-refractivity contribution in [1.29, 1.82) is 0 Å². The van der Waals surface area contributed by atoms with Crippen molar-refractivity contribution in [1.82, 2.24) is 4.90 Å². The van der Waals surface area contributed by atoms with Gasteiger partial charge >= 0.3 is 0 Å². The Morgan fingerprint density at radius 2 is 1.61 bits per heavy atom. The van der Waals surface area contributed by atoms with Crippen LogP contribution in [0.4, 0.5) is 5.69 Å². The quantitative estimate of drug-likeness (QED) is 0.290. The van der Waals surface area contributed by atoms with Gasteiger partial charge in [0.25, 0.3) is 0 Å². The minimum Gasteiger partial charge on any atom is -0.496 e. The van der Waals surface area contributed by atoms with Gasteiger partial charge in [-0.3, -0.25) is 4.79 Å². The molecule has 0 saturated heterocycles. The number of unbranched alkanes of at least 4 members (excludes halogenated alkanes) is 2. The van der Waals surface area contributed by atoms with Crippen LogP contribution in [0.1, 0.15) is 61.0 Å². The third kappa shape index (κ3) is 7.87. The highest BCUT2D eigenvalue weighted by Crippen LogP contribution is 2.22. The Bertz CT molecular complexity index is 833. The molecule has 0 N–H and O–H groups in total. The van der Waals surface area contributed by atoms with Crippen molar-refractivity contribution in [2.24, 2.45) is 0 Å². The van der Waals surface area contributed by atoms with E-state index in [0.29, 0.717) is 5.56 Å². The summed E-state index contributed by atoms with van der Waals surface area (Å²) >= 11 is 0. The van der Waals surface area contributed by atoms with Crippen molar-refractivity contribution in [2.45, 2.75) is 46.1 Å². The lowest BCUT2D eigenvalue weighted by molar-refractivity contribution is 0.104. The van der Waals surface area contributed by atoms with E-state index in [1.54, 1.807) is 13.2 Å². The smallest absolute Gasteiger partial charge is 0.185 e. The molecule has 2 rings (SSSR count). The molecule has 0 bridgehead atoms. The largest absolute Gasteiger partial charge is 0.496 e. The number of ether oxygens (including phenoxy) is 1. The van der Waals surface area contributed by atoms with Crippen molar-refractivity contribution >= 4 is 17.5 Å². The van der Waals surface area contributed by atoms with Crippen molar-refractivity contribution < 1.29 is 9.53 Å². The summed E-state index contributed by atoms with van der Waals surface area (Å²) in [5, 5.41) is 0. The number of ketones is 1. The summed E-state index contributed by atoms with van der Waals surface area (Å²) in [7, 11) is 5.74. The summed E-state index contributed by atoms with van der Waals surface area (Å²) in [6, 6.07) is 14.1. The van der Waals surface area contributed by atoms with Crippen LogP contribution in [0.3, 0.4) is 0 Å². The number of nitrogens with zero attached hydrogens (tertiary/aromatic N) is 2. The Labute approximate surface area is 188 Å². The van der Waals surface area contributed by atoms with E-state index in [4.69, 9.17) is 4.74 Å². The molecular formula is C27H38N2O2. The van der Waals surface area contributed by atoms with Crippen molar-refractivity contribution in [3.05, 3.63) is 65.2 Å². The van der Waals surface area contributed by atoms with Gasteiger partial charge in [0.05, 0.1) is 7.11 Å². The highest BCUT2D eigenvalue weighted by Gasteiger charge is 2.08. The molecule has 0 aliphatic heterocycles. The molecule has 0 saturated carbocycles. The maximum absolute atomic E-state index is 12.7. The number of carbonyl (C=O) groups excluding carboxylic acids is 1. The molecule has 0 spiro atoms. The number of carbonyl (C=O) groups is 1. The normalized spacial score (nSPS) is 11.3. The van der Waals surface area contributed by atoms with Gasteiger partial charge in [-0.05, 0) is 75.0 Å². The highest BCUT2D eigenvalue weighted by atomic mass is 16.5. The first-order valence-electron chi connectivity index (χ1n) is 11.4. The Kier molecular flexibility index (Phi) is 10.3. The third-order valence-corrected chi connectivity index (χ3v) is 5.30. The van der Waals surface area contributed by atoms with Gasteiger partial charge in [0, 0.05) is 36.4 Å². The van der Waals surface area contributed by atoms with E-state index >= 15 is 0 Å². The van der Waals surface area contributed by atoms with Crippen LogP contribution in [-0.2, 0) is 6.54 Å². The first-order valence-corrected chi connectivity index (χ1v) is 11.4. The first kappa shape index (κ1) is 24.7. The van der Waals surface area contributed by atoms with E-state index < -0.39 is 0 Å².